The molecule has 9 heterocycles. The second-order valence-electron chi connectivity index (χ2n) is 37.4. The minimum Gasteiger partial charge on any atom is -0.488 e. The van der Waals surface area contributed by atoms with Crippen LogP contribution in [0.4, 0.5) is 14.4 Å². The van der Waals surface area contributed by atoms with E-state index in [0.29, 0.717) is 68.0 Å². The number of alkyl carbamates (subject to hydrolysis) is 2. The lowest BCUT2D eigenvalue weighted by Crippen LogP contribution is -2.57. The van der Waals surface area contributed by atoms with Crippen molar-refractivity contribution in [3.63, 3.8) is 0 Å². The van der Waals surface area contributed by atoms with Crippen LogP contribution in [0.3, 0.4) is 0 Å². The van der Waals surface area contributed by atoms with Crippen LogP contribution >= 0.6 is 0 Å². The third kappa shape index (κ3) is 22.5. The number of urea groups is 1. The Balaban J connectivity index is 0.000000152. The van der Waals surface area contributed by atoms with Crippen molar-refractivity contribution >= 4 is 116 Å². The number of allylic oxidation sites excluding steroid dienone is 2. The molecule has 6 fully saturated rings. The van der Waals surface area contributed by atoms with E-state index in [2.05, 4.69) is 75.2 Å². The molecule has 18 rings (SSSR count). The summed E-state index contributed by atoms with van der Waals surface area (Å²) in [4.78, 5) is 176. The third-order valence-corrected chi connectivity index (χ3v) is 27.5. The standard InChI is InChI=1S/C38H43N5O6.C35H38N4O7.C35H36N4O7/c1-3-5-15-30-35(45)43-23-27(20-32(43)34(44)42-38(36(46)47)22-26(38)4-2)49-33-21-31(25-13-9-6-10-14-25)40-29-17-16-24(19-28(29)33)12-8-7-11-18-39-37(48)41-30;2*1-3-24-19-35(24,33(42)43)38-31(40)29-17-25-20-39(29)32(41)21(2)36-34(44)45-15-9-5-6-10-22-13-14-27-26(16-22)30(46-25)18-28(37-27)23-11-7-4-8-12-23/h4,6,8-10,12-14,16-17,19,21,26-27,30,32H,2-3,5,7,11,15,18,20,22-23H2,1H3,(H,42,44)(H,46,47)(H2,39,41,48);3-4,7-8,11-14,16,18,21,24-25,29H,1,5-6,9-10,15,17,19-20H2,2H3,(H,36,44)(H,38,40)(H,42,43);3-4,6-8,10-14,16,18,21,24-25,29H,1,5,9,15,17,19-20H2,2H3,(H,36,44)(H,38,40)(H,42,43)/b12-8+;;10-6+/t26-,27-,30+,32+,38-;2*21-,24+,25+,29-,35+/m100/s1. The first-order valence-electron chi connectivity index (χ1n) is 48.3. The van der Waals surface area contributed by atoms with Gasteiger partial charge in [-0.15, -0.1) is 19.7 Å². The molecule has 6 aliphatic heterocycles. The number of carbonyl (C=O) groups excluding carboxylic acids is 9. The SMILES string of the molecule is C=C[C@@H]1C[C@]1(NC(=O)[C@@H]1C[C@@H]2CN1C(=O)[C@H](C)NC(=O)OCCC/C=C/c1ccc3nc(-c4ccccc4)cc(c3c1)O2)C(=O)O.C=C[C@@H]1C[C@]1(NC(=O)[C@@H]1C[C@@H]2CN1C(=O)[C@H](C)NC(=O)OCCCCCc1ccc3nc(-c4ccccc4)cc(c3c1)O2)C(=O)O.C=C[C@@H]1C[C@]1(NC(=O)[C@@H]1C[C@@H]2CN1C(=O)[C@H](CCCC)NC(=O)NCCC/C=C/c1ccc3nc(-c4ccccc4)cc(c3c1)O2)C(=O)O. The first kappa shape index (κ1) is 98.7. The van der Waals surface area contributed by atoms with Gasteiger partial charge in [-0.25, -0.2) is 43.7 Å². The van der Waals surface area contributed by atoms with E-state index < -0.39 is 161 Å². The molecule has 33 nitrogen and oxygen atoms in total. The number of pyridine rings is 3. The molecule has 10 amide bonds. The van der Waals surface area contributed by atoms with Crippen LogP contribution in [0.2, 0.25) is 0 Å². The van der Waals surface area contributed by atoms with Crippen LogP contribution in [0.25, 0.3) is 78.6 Å². The number of unbranched alkanes of at least 4 members (excludes halogenated alkanes) is 1. The summed E-state index contributed by atoms with van der Waals surface area (Å²) in [6.45, 7) is 17.1. The first-order chi connectivity index (χ1) is 68.1. The Morgan fingerprint density at radius 2 is 0.844 bits per heavy atom. The van der Waals surface area contributed by atoms with Gasteiger partial charge in [0, 0.05) is 94.6 Å². The van der Waals surface area contributed by atoms with Crippen molar-refractivity contribution in [2.75, 3.05) is 39.4 Å². The van der Waals surface area contributed by atoms with Gasteiger partial charge in [0.25, 0.3) is 0 Å². The second kappa shape index (κ2) is 43.4. The summed E-state index contributed by atoms with van der Waals surface area (Å²) >= 11 is 0. The summed E-state index contributed by atoms with van der Waals surface area (Å²) in [5, 5.41) is 51.1. The summed E-state index contributed by atoms with van der Waals surface area (Å²) in [6.07, 6.45) is 18.2. The number of carboxylic acids is 3. The summed E-state index contributed by atoms with van der Waals surface area (Å²) < 4.78 is 30.5. The summed E-state index contributed by atoms with van der Waals surface area (Å²) in [5.41, 5.74) is 5.70. The molecule has 734 valence electrons. The fraction of sp³-hybridized carbons (Fsp3) is 0.380. The molecule has 6 aromatic carbocycles. The third-order valence-electron chi connectivity index (χ3n) is 27.5. The van der Waals surface area contributed by atoms with Crippen LogP contribution in [-0.4, -0.2) is 227 Å². The van der Waals surface area contributed by atoms with Gasteiger partial charge in [0.1, 0.15) is 88.4 Å². The predicted octanol–water partition coefficient (Wildman–Crippen LogP) is 13.6. The van der Waals surface area contributed by atoms with Gasteiger partial charge in [-0.05, 0) is 144 Å². The molecule has 12 bridgehead atoms. The van der Waals surface area contributed by atoms with Crippen LogP contribution in [0.15, 0.2) is 214 Å². The summed E-state index contributed by atoms with van der Waals surface area (Å²) in [7, 11) is 0. The molecule has 3 saturated heterocycles. The number of ether oxygens (including phenoxy) is 5. The Hall–Kier alpha value is -15.3. The van der Waals surface area contributed by atoms with Crippen molar-refractivity contribution in [1.29, 1.82) is 0 Å². The number of cyclic esters (lactones) is 2. The summed E-state index contributed by atoms with van der Waals surface area (Å²) in [5.74, 6) is -6.24. The Morgan fingerprint density at radius 3 is 1.23 bits per heavy atom. The maximum absolute atomic E-state index is 14.3. The molecule has 0 unspecified atom stereocenters. The highest BCUT2D eigenvalue weighted by molar-refractivity contribution is 6.00. The van der Waals surface area contributed by atoms with Gasteiger partial charge in [-0.3, -0.25) is 28.8 Å². The molecule has 3 aliphatic carbocycles. The second-order valence-corrected chi connectivity index (χ2v) is 37.4. The van der Waals surface area contributed by atoms with E-state index in [1.807, 2.05) is 177 Å². The maximum atomic E-state index is 14.3. The molecule has 10 N–H and O–H groups in total. The van der Waals surface area contributed by atoms with Crippen LogP contribution in [0, 0.1) is 17.8 Å². The van der Waals surface area contributed by atoms with Crippen LogP contribution in [-0.2, 0) is 59.0 Å². The Morgan fingerprint density at radius 1 is 0.461 bits per heavy atom. The van der Waals surface area contributed by atoms with E-state index >= 15 is 0 Å². The number of nitrogens with one attached hydrogen (secondary N) is 7. The zero-order valence-corrected chi connectivity index (χ0v) is 78.9. The highest BCUT2D eigenvalue weighted by atomic mass is 16.6. The average molecular weight is 1920 g/mol. The number of carbonyl (C=O) groups is 12. The smallest absolute Gasteiger partial charge is 0.407 e. The number of hydrogen-bond acceptors (Lipinski definition) is 20. The highest BCUT2D eigenvalue weighted by Gasteiger charge is 2.64. The van der Waals surface area contributed by atoms with E-state index in [4.69, 9.17) is 38.6 Å². The van der Waals surface area contributed by atoms with Gasteiger partial charge in [-0.1, -0.05) is 171 Å². The molecule has 9 aliphatic rings. The van der Waals surface area contributed by atoms with Crippen LogP contribution in [0.1, 0.15) is 140 Å². The number of carboxylic acid groups (broad SMARTS) is 3. The number of aromatic nitrogens is 3. The molecular formula is C108H117N13O20. The number of hydrogen-bond donors (Lipinski definition) is 10. The fourth-order valence-electron chi connectivity index (χ4n) is 19.3. The topological polar surface area (TPSA) is 444 Å². The highest BCUT2D eigenvalue weighted by Crippen LogP contribution is 2.49. The normalized spacial score (nSPS) is 26.6. The lowest BCUT2D eigenvalue weighted by molar-refractivity contribution is -0.146. The number of benzene rings is 6. The van der Waals surface area contributed by atoms with E-state index in [-0.39, 0.29) is 71.4 Å². The molecule has 3 aromatic heterocycles. The Kier molecular flexibility index (Phi) is 30.4. The van der Waals surface area contributed by atoms with E-state index in [0.717, 1.165) is 110 Å². The Labute approximate surface area is 815 Å². The average Bonchev–Trinajstić information content (AvgIpc) is 1.59. The van der Waals surface area contributed by atoms with Crippen LogP contribution < -0.4 is 51.4 Å². The molecule has 141 heavy (non-hydrogen) atoms. The maximum Gasteiger partial charge on any atom is 0.407 e. The van der Waals surface area contributed by atoms with Crippen molar-refractivity contribution in [1.82, 2.24) is 66.9 Å². The van der Waals surface area contributed by atoms with Gasteiger partial charge < -0.3 is 90.9 Å². The minimum absolute atomic E-state index is 0.0347. The van der Waals surface area contributed by atoms with Crippen molar-refractivity contribution < 1.29 is 96.5 Å². The number of amides is 10. The molecule has 15 atom stereocenters. The van der Waals surface area contributed by atoms with Crippen molar-refractivity contribution in [3.05, 3.63) is 231 Å². The van der Waals surface area contributed by atoms with Gasteiger partial charge in [0.15, 0.2) is 0 Å². The molecule has 9 aromatic rings. The number of rotatable bonds is 18. The lowest BCUT2D eigenvalue weighted by Gasteiger charge is -2.29. The van der Waals surface area contributed by atoms with E-state index in [1.54, 1.807) is 0 Å². The van der Waals surface area contributed by atoms with E-state index in [9.17, 15) is 72.9 Å². The quantitative estimate of drug-likeness (QED) is 0.0357. The number of nitrogens with zero attached hydrogens (tertiary/aromatic N) is 6. The van der Waals surface area contributed by atoms with Crippen molar-refractivity contribution in [2.45, 2.75) is 201 Å². The molecule has 33 heteroatoms. The monoisotopic (exact) mass is 1920 g/mol. The van der Waals surface area contributed by atoms with Gasteiger partial charge >= 0.3 is 36.1 Å². The van der Waals surface area contributed by atoms with Crippen molar-refractivity contribution in [2.24, 2.45) is 17.8 Å². The molecular weight excluding hydrogens is 1800 g/mol. The minimum atomic E-state index is -1.47. The van der Waals surface area contributed by atoms with Gasteiger partial charge in [0.05, 0.1) is 66.5 Å². The number of aryl methyl sites for hydroxylation is 1. The predicted molar refractivity (Wildman–Crippen MR) is 527 cm³/mol. The van der Waals surface area contributed by atoms with Crippen LogP contribution in [0.5, 0.6) is 17.2 Å². The first-order valence-corrected chi connectivity index (χ1v) is 48.3. The fourth-order valence-corrected chi connectivity index (χ4v) is 19.3. The molecule has 0 spiro atoms. The largest absolute Gasteiger partial charge is 0.488 e. The van der Waals surface area contributed by atoms with Crippen molar-refractivity contribution in [3.8, 4) is 51.0 Å². The van der Waals surface area contributed by atoms with Gasteiger partial charge in [-0.2, -0.15) is 0 Å². The van der Waals surface area contributed by atoms with E-state index in [1.165, 1.54) is 46.8 Å². The Bertz CT molecular complexity index is 6380. The molecule has 3 saturated carbocycles. The lowest BCUT2D eigenvalue weighted by atomic mass is 10.0. The summed E-state index contributed by atoms with van der Waals surface area (Å²) in [6, 6.07) is 46.4. The number of aliphatic carboxylic acids is 3. The number of fused-ring (bicyclic) bond motifs is 9. The molecule has 0 radical (unpaired) electrons. The van der Waals surface area contributed by atoms with Gasteiger partial charge in [0.2, 0.25) is 35.4 Å². The zero-order chi connectivity index (χ0) is 99.4. The zero-order valence-electron chi connectivity index (χ0n) is 78.9.